The van der Waals surface area contributed by atoms with Crippen LogP contribution in [0.25, 0.3) is 0 Å². The highest BCUT2D eigenvalue weighted by atomic mass is 32.2. The Morgan fingerprint density at radius 3 is 2.32 bits per heavy atom. The summed E-state index contributed by atoms with van der Waals surface area (Å²) in [5, 5.41) is 2.50. The molecule has 3 rings (SSSR count). The van der Waals surface area contributed by atoms with Crippen LogP contribution in [0.2, 0.25) is 0 Å². The van der Waals surface area contributed by atoms with Crippen LogP contribution in [0.3, 0.4) is 0 Å². The average Bonchev–Trinajstić information content (AvgIpc) is 2.68. The van der Waals surface area contributed by atoms with Crippen LogP contribution in [-0.2, 0) is 16.6 Å². The fraction of sp³-hybridized carbons (Fsp3) is 0.316. The van der Waals surface area contributed by atoms with Gasteiger partial charge in [0.25, 0.3) is 5.91 Å². The molecule has 1 fully saturated rings. The van der Waals surface area contributed by atoms with Gasteiger partial charge in [-0.15, -0.1) is 0 Å². The summed E-state index contributed by atoms with van der Waals surface area (Å²) in [5.74, 6) is -2.26. The van der Waals surface area contributed by atoms with E-state index >= 15 is 0 Å². The molecule has 2 aromatic rings. The largest absolute Gasteiger partial charge is 0.348 e. The zero-order chi connectivity index (χ0) is 20.3. The highest BCUT2D eigenvalue weighted by Gasteiger charge is 2.27. The molecule has 1 aliphatic heterocycles. The number of piperazine rings is 1. The second-order valence-electron chi connectivity index (χ2n) is 6.66. The molecule has 1 saturated heterocycles. The highest BCUT2D eigenvalue weighted by Crippen LogP contribution is 2.18. The topological polar surface area (TPSA) is 69.7 Å². The van der Waals surface area contributed by atoms with Crippen molar-refractivity contribution >= 4 is 15.9 Å². The predicted octanol–water partition coefficient (Wildman–Crippen LogP) is 1.83. The molecule has 150 valence electrons. The average molecular weight is 409 g/mol. The quantitative estimate of drug-likeness (QED) is 0.818. The molecule has 0 spiro atoms. The van der Waals surface area contributed by atoms with Crippen molar-refractivity contribution in [1.82, 2.24) is 14.5 Å². The van der Waals surface area contributed by atoms with Gasteiger partial charge in [0.2, 0.25) is 10.0 Å². The third kappa shape index (κ3) is 4.54. The number of carbonyl (C=O) groups excluding carboxylic acids is 1. The van der Waals surface area contributed by atoms with E-state index in [1.54, 1.807) is 12.1 Å². The van der Waals surface area contributed by atoms with Crippen molar-refractivity contribution in [2.75, 3.05) is 33.2 Å². The lowest BCUT2D eigenvalue weighted by Crippen LogP contribution is -2.47. The zero-order valence-electron chi connectivity index (χ0n) is 15.4. The molecule has 0 aliphatic carbocycles. The molecule has 28 heavy (non-hydrogen) atoms. The Hall–Kier alpha value is -2.36. The molecule has 0 radical (unpaired) electrons. The smallest absolute Gasteiger partial charge is 0.254 e. The Morgan fingerprint density at radius 1 is 1.04 bits per heavy atom. The van der Waals surface area contributed by atoms with Crippen LogP contribution in [0, 0.1) is 11.6 Å². The van der Waals surface area contributed by atoms with Gasteiger partial charge in [-0.25, -0.2) is 17.2 Å². The lowest BCUT2D eigenvalue weighted by Gasteiger charge is -2.31. The summed E-state index contributed by atoms with van der Waals surface area (Å²) in [5.41, 5.74) is 0.261. The maximum atomic E-state index is 13.6. The lowest BCUT2D eigenvalue weighted by molar-refractivity contribution is 0.0946. The van der Waals surface area contributed by atoms with Gasteiger partial charge < -0.3 is 10.2 Å². The summed E-state index contributed by atoms with van der Waals surface area (Å²) < 4.78 is 53.6. The number of amides is 1. The number of nitrogens with one attached hydrogen (secondary N) is 1. The fourth-order valence-corrected chi connectivity index (χ4v) is 4.33. The molecule has 0 atom stereocenters. The molecular formula is C19H21F2N3O3S. The van der Waals surface area contributed by atoms with E-state index in [4.69, 9.17) is 0 Å². The Bertz CT molecular complexity index is 957. The van der Waals surface area contributed by atoms with E-state index in [0.29, 0.717) is 31.7 Å². The molecule has 0 saturated carbocycles. The number of rotatable bonds is 5. The maximum Gasteiger partial charge on any atom is 0.254 e. The lowest BCUT2D eigenvalue weighted by atomic mass is 10.1. The van der Waals surface area contributed by atoms with Crippen LogP contribution in [0.1, 0.15) is 15.9 Å². The third-order valence-corrected chi connectivity index (χ3v) is 6.56. The minimum Gasteiger partial charge on any atom is -0.348 e. The van der Waals surface area contributed by atoms with Gasteiger partial charge in [0.05, 0.1) is 10.5 Å². The van der Waals surface area contributed by atoms with Crippen molar-refractivity contribution in [2.24, 2.45) is 0 Å². The Morgan fingerprint density at radius 2 is 1.68 bits per heavy atom. The number of sulfonamides is 1. The maximum absolute atomic E-state index is 13.6. The van der Waals surface area contributed by atoms with Crippen molar-refractivity contribution in [3.05, 3.63) is 65.2 Å². The molecule has 1 N–H and O–H groups in total. The predicted molar refractivity (Wildman–Crippen MR) is 100 cm³/mol. The molecule has 0 unspecified atom stereocenters. The van der Waals surface area contributed by atoms with E-state index < -0.39 is 27.6 Å². The molecule has 1 aliphatic rings. The first-order chi connectivity index (χ1) is 13.3. The fourth-order valence-electron chi connectivity index (χ4n) is 2.91. The van der Waals surface area contributed by atoms with Crippen LogP contribution in [-0.4, -0.2) is 56.8 Å². The minimum atomic E-state index is -3.56. The van der Waals surface area contributed by atoms with Gasteiger partial charge in [-0.2, -0.15) is 4.31 Å². The van der Waals surface area contributed by atoms with Gasteiger partial charge in [-0.3, -0.25) is 4.79 Å². The van der Waals surface area contributed by atoms with Crippen molar-refractivity contribution in [1.29, 1.82) is 0 Å². The van der Waals surface area contributed by atoms with Crippen LogP contribution in [0.5, 0.6) is 0 Å². The second kappa shape index (κ2) is 8.34. The minimum absolute atomic E-state index is 0.0592. The summed E-state index contributed by atoms with van der Waals surface area (Å²) in [7, 11) is -1.61. The summed E-state index contributed by atoms with van der Waals surface area (Å²) in [6.07, 6.45) is 0. The van der Waals surface area contributed by atoms with E-state index in [1.165, 1.54) is 16.4 Å². The molecule has 9 heteroatoms. The van der Waals surface area contributed by atoms with Gasteiger partial charge in [-0.05, 0) is 42.9 Å². The Kier molecular flexibility index (Phi) is 6.07. The SMILES string of the molecule is CN1CCN(S(=O)(=O)c2ccc(CNC(=O)c3cc(F)ccc3F)cc2)CC1. The van der Waals surface area contributed by atoms with Crippen LogP contribution in [0.4, 0.5) is 8.78 Å². The number of benzene rings is 2. The van der Waals surface area contributed by atoms with Crippen LogP contribution < -0.4 is 5.32 Å². The monoisotopic (exact) mass is 409 g/mol. The van der Waals surface area contributed by atoms with E-state index in [1.807, 2.05) is 7.05 Å². The zero-order valence-corrected chi connectivity index (χ0v) is 16.2. The van der Waals surface area contributed by atoms with Gasteiger partial charge in [-0.1, -0.05) is 12.1 Å². The summed E-state index contributed by atoms with van der Waals surface area (Å²) >= 11 is 0. The number of nitrogens with zero attached hydrogens (tertiary/aromatic N) is 2. The molecule has 1 amide bonds. The standard InChI is InChI=1S/C19H21F2N3O3S/c1-23-8-10-24(11-9-23)28(26,27)16-5-2-14(3-6-16)13-22-19(25)17-12-15(20)4-7-18(17)21/h2-7,12H,8-11,13H2,1H3,(H,22,25). The molecule has 6 nitrogen and oxygen atoms in total. The van der Waals surface area contributed by atoms with Crippen molar-refractivity contribution < 1.29 is 22.0 Å². The van der Waals surface area contributed by atoms with Crippen molar-refractivity contribution in [3.63, 3.8) is 0 Å². The first-order valence-electron chi connectivity index (χ1n) is 8.78. The third-order valence-electron chi connectivity index (χ3n) is 4.65. The number of hydrogen-bond acceptors (Lipinski definition) is 4. The number of hydrogen-bond donors (Lipinski definition) is 1. The number of carbonyl (C=O) groups is 1. The normalized spacial score (nSPS) is 16.1. The first kappa shape index (κ1) is 20.4. The van der Waals surface area contributed by atoms with E-state index in [-0.39, 0.29) is 17.0 Å². The number of halogens is 2. The van der Waals surface area contributed by atoms with E-state index in [2.05, 4.69) is 10.2 Å². The van der Waals surface area contributed by atoms with Crippen molar-refractivity contribution in [2.45, 2.75) is 11.4 Å². The second-order valence-corrected chi connectivity index (χ2v) is 8.60. The van der Waals surface area contributed by atoms with Gasteiger partial charge in [0, 0.05) is 32.7 Å². The first-order valence-corrected chi connectivity index (χ1v) is 10.2. The van der Waals surface area contributed by atoms with Crippen LogP contribution >= 0.6 is 0 Å². The summed E-state index contributed by atoms with van der Waals surface area (Å²) in [6, 6.07) is 8.80. The Labute approximate surface area is 162 Å². The Balaban J connectivity index is 1.64. The van der Waals surface area contributed by atoms with Gasteiger partial charge >= 0.3 is 0 Å². The molecule has 1 heterocycles. The molecule has 0 aromatic heterocycles. The van der Waals surface area contributed by atoms with Crippen LogP contribution in [0.15, 0.2) is 47.4 Å². The number of likely N-dealkylation sites (N-methyl/N-ethyl adjacent to an activating group) is 1. The molecule has 0 bridgehead atoms. The highest BCUT2D eigenvalue weighted by molar-refractivity contribution is 7.89. The van der Waals surface area contributed by atoms with Crippen molar-refractivity contribution in [3.8, 4) is 0 Å². The van der Waals surface area contributed by atoms with E-state index in [9.17, 15) is 22.0 Å². The van der Waals surface area contributed by atoms with E-state index in [0.717, 1.165) is 18.2 Å². The molecule has 2 aromatic carbocycles. The molecular weight excluding hydrogens is 388 g/mol. The summed E-state index contributed by atoms with van der Waals surface area (Å²) in [4.78, 5) is 14.3. The van der Waals surface area contributed by atoms with Gasteiger partial charge in [0.1, 0.15) is 11.6 Å². The summed E-state index contributed by atoms with van der Waals surface area (Å²) in [6.45, 7) is 2.30. The van der Waals surface area contributed by atoms with Gasteiger partial charge in [0.15, 0.2) is 0 Å².